The molecule has 1 aliphatic heterocycles. The van der Waals surface area contributed by atoms with E-state index in [4.69, 9.17) is 23.2 Å². The molecule has 2 aromatic carbocycles. The van der Waals surface area contributed by atoms with Crippen LogP contribution in [-0.4, -0.2) is 48.3 Å². The molecule has 221 valence electrons. The lowest BCUT2D eigenvalue weighted by molar-refractivity contribution is -0.143. The van der Waals surface area contributed by atoms with E-state index in [2.05, 4.69) is 10.6 Å². The lowest BCUT2D eigenvalue weighted by atomic mass is 10.0. The summed E-state index contributed by atoms with van der Waals surface area (Å²) in [7, 11) is 1.15. The molecular weight excluding hydrogens is 599 g/mol. The van der Waals surface area contributed by atoms with Gasteiger partial charge in [0.1, 0.15) is 6.04 Å². The number of hydrogen-bond donors (Lipinski definition) is 2. The van der Waals surface area contributed by atoms with Crippen LogP contribution in [0.15, 0.2) is 48.6 Å². The molecule has 14 heteroatoms. The molecule has 2 N–H and O–H groups in total. The Labute approximate surface area is 241 Å². The predicted molar refractivity (Wildman–Crippen MR) is 140 cm³/mol. The van der Waals surface area contributed by atoms with Gasteiger partial charge in [-0.2, -0.15) is 26.3 Å². The molecule has 2 atom stereocenters. The van der Waals surface area contributed by atoms with Crippen LogP contribution in [0.3, 0.4) is 0 Å². The Hall–Kier alpha value is -3.25. The molecule has 2 aromatic rings. The minimum atomic E-state index is -5.15. The molecular formula is C27H24Cl2F6N3O3. The standard InChI is InChI=1S/C27H24Cl2F6N3O3/c1-38(25(41)16-12-17(26(30,31)32)14-18(13-16)27(33,34)35)19(10-15-5-7-20(28)21(29)11-15)6-8-23(39)37-22-4-2-3-9-36-24(22)40/h5-8,10-14,19,22H,2-4,9H2,1H3,(H,36,40)(H,37,39)/b8-6+/t19-,22?/m0/s1. The van der Waals surface area contributed by atoms with Crippen LogP contribution < -0.4 is 10.6 Å². The Morgan fingerprint density at radius 2 is 1.63 bits per heavy atom. The topological polar surface area (TPSA) is 78.5 Å². The van der Waals surface area contributed by atoms with E-state index in [1.807, 2.05) is 0 Å². The van der Waals surface area contributed by atoms with Gasteiger partial charge in [0.05, 0.1) is 27.2 Å². The van der Waals surface area contributed by atoms with Crippen molar-refractivity contribution < 1.29 is 40.7 Å². The Morgan fingerprint density at radius 3 is 2.22 bits per heavy atom. The third-order valence-corrected chi connectivity index (χ3v) is 6.94. The van der Waals surface area contributed by atoms with Gasteiger partial charge < -0.3 is 15.5 Å². The first-order chi connectivity index (χ1) is 19.1. The number of carbonyl (C=O) groups excluding carboxylic acids is 3. The maximum atomic E-state index is 13.4. The van der Waals surface area contributed by atoms with Crippen molar-refractivity contribution in [1.29, 1.82) is 0 Å². The second-order valence-electron chi connectivity index (χ2n) is 9.25. The fraction of sp³-hybridized carbons (Fsp3) is 0.333. The molecule has 41 heavy (non-hydrogen) atoms. The normalized spacial score (nSPS) is 17.1. The summed E-state index contributed by atoms with van der Waals surface area (Å²) in [6.07, 6.45) is -4.83. The van der Waals surface area contributed by atoms with E-state index >= 15 is 0 Å². The number of likely N-dealkylation sites (N-methyl/N-ethyl adjacent to an activating group) is 1. The second kappa shape index (κ2) is 13.2. The molecule has 0 bridgehead atoms. The highest BCUT2D eigenvalue weighted by atomic mass is 35.5. The van der Waals surface area contributed by atoms with Crippen LogP contribution in [0, 0.1) is 6.42 Å². The highest BCUT2D eigenvalue weighted by Crippen LogP contribution is 2.36. The number of nitrogens with one attached hydrogen (secondary N) is 2. The van der Waals surface area contributed by atoms with Gasteiger partial charge in [0, 0.05) is 31.7 Å². The minimum absolute atomic E-state index is 0.0794. The molecule has 6 nitrogen and oxygen atoms in total. The molecule has 1 unspecified atom stereocenters. The van der Waals surface area contributed by atoms with E-state index in [9.17, 15) is 40.7 Å². The van der Waals surface area contributed by atoms with Gasteiger partial charge in [-0.25, -0.2) is 0 Å². The number of rotatable bonds is 7. The summed E-state index contributed by atoms with van der Waals surface area (Å²) in [5, 5.41) is 5.57. The Bertz CT molecular complexity index is 1300. The first-order valence-corrected chi connectivity index (χ1v) is 12.9. The summed E-state index contributed by atoms with van der Waals surface area (Å²) in [6, 6.07) is 2.99. The number of amides is 3. The van der Waals surface area contributed by atoms with Crippen molar-refractivity contribution >= 4 is 40.9 Å². The molecule has 1 fully saturated rings. The van der Waals surface area contributed by atoms with E-state index in [0.29, 0.717) is 37.1 Å². The summed E-state index contributed by atoms with van der Waals surface area (Å²) in [4.78, 5) is 38.9. The monoisotopic (exact) mass is 622 g/mol. The molecule has 0 aromatic heterocycles. The van der Waals surface area contributed by atoms with Crippen LogP contribution in [0.2, 0.25) is 10.0 Å². The van der Waals surface area contributed by atoms with Crippen molar-refractivity contribution in [2.45, 2.75) is 43.7 Å². The van der Waals surface area contributed by atoms with Crippen molar-refractivity contribution in [3.05, 3.63) is 87.3 Å². The summed E-state index contributed by atoms with van der Waals surface area (Å²) in [6.45, 7) is 0.472. The van der Waals surface area contributed by atoms with Crippen molar-refractivity contribution in [2.75, 3.05) is 13.6 Å². The summed E-state index contributed by atoms with van der Waals surface area (Å²) >= 11 is 12.0. The average Bonchev–Trinajstić information content (AvgIpc) is 3.10. The molecule has 0 saturated carbocycles. The third kappa shape index (κ3) is 8.87. The lowest BCUT2D eigenvalue weighted by Gasteiger charge is -2.27. The van der Waals surface area contributed by atoms with Gasteiger partial charge in [0.2, 0.25) is 11.8 Å². The second-order valence-corrected chi connectivity index (χ2v) is 10.1. The zero-order chi connectivity index (χ0) is 30.5. The molecule has 1 saturated heterocycles. The van der Waals surface area contributed by atoms with Crippen molar-refractivity contribution in [3.63, 3.8) is 0 Å². The number of halogens is 8. The maximum absolute atomic E-state index is 13.4. The molecule has 0 aliphatic carbocycles. The number of nitrogens with zero attached hydrogens (tertiary/aromatic N) is 1. The van der Waals surface area contributed by atoms with E-state index in [1.165, 1.54) is 30.7 Å². The quantitative estimate of drug-likeness (QED) is 0.291. The minimum Gasteiger partial charge on any atom is -0.354 e. The highest BCUT2D eigenvalue weighted by molar-refractivity contribution is 6.42. The summed E-state index contributed by atoms with van der Waals surface area (Å²) < 4.78 is 80.2. The predicted octanol–water partition coefficient (Wildman–Crippen LogP) is 6.07. The Morgan fingerprint density at radius 1 is 1.00 bits per heavy atom. The lowest BCUT2D eigenvalue weighted by Crippen LogP contribution is -2.45. The third-order valence-electron chi connectivity index (χ3n) is 6.21. The smallest absolute Gasteiger partial charge is 0.354 e. The van der Waals surface area contributed by atoms with Gasteiger partial charge in [-0.15, -0.1) is 0 Å². The number of benzene rings is 2. The summed E-state index contributed by atoms with van der Waals surface area (Å²) in [5.41, 5.74) is -3.77. The number of alkyl halides is 6. The van der Waals surface area contributed by atoms with Crippen molar-refractivity contribution in [1.82, 2.24) is 15.5 Å². The van der Waals surface area contributed by atoms with E-state index < -0.39 is 52.9 Å². The van der Waals surface area contributed by atoms with Crippen LogP contribution in [0.1, 0.15) is 46.3 Å². The van der Waals surface area contributed by atoms with Crippen molar-refractivity contribution in [3.8, 4) is 0 Å². The van der Waals surface area contributed by atoms with Gasteiger partial charge in [-0.3, -0.25) is 14.4 Å². The average molecular weight is 623 g/mol. The number of carbonyl (C=O) groups is 3. The molecule has 1 radical (unpaired) electrons. The van der Waals surface area contributed by atoms with E-state index in [0.717, 1.165) is 24.4 Å². The first-order valence-electron chi connectivity index (χ1n) is 12.2. The zero-order valence-electron chi connectivity index (χ0n) is 21.4. The van der Waals surface area contributed by atoms with Crippen LogP contribution in [0.4, 0.5) is 26.3 Å². The largest absolute Gasteiger partial charge is 0.416 e. The Kier molecular flexibility index (Phi) is 10.4. The van der Waals surface area contributed by atoms with Crippen molar-refractivity contribution in [2.24, 2.45) is 0 Å². The van der Waals surface area contributed by atoms with Crippen LogP contribution in [-0.2, 0) is 21.9 Å². The van der Waals surface area contributed by atoms with Crippen LogP contribution in [0.25, 0.3) is 0 Å². The van der Waals surface area contributed by atoms with Crippen LogP contribution >= 0.6 is 23.2 Å². The highest BCUT2D eigenvalue weighted by Gasteiger charge is 2.38. The molecule has 3 amide bonds. The SMILES string of the molecule is CN(C(=O)c1cc(C(F)(F)F)cc(C(F)(F)F)c1)[C@H]([CH]c1ccc(Cl)c(Cl)c1)/C=C/C(=O)NC1CCCCNC1=O. The summed E-state index contributed by atoms with van der Waals surface area (Å²) in [5.74, 6) is -2.24. The fourth-order valence-corrected chi connectivity index (χ4v) is 4.32. The molecule has 3 rings (SSSR count). The fourth-order valence-electron chi connectivity index (χ4n) is 4.01. The van der Waals surface area contributed by atoms with Gasteiger partial charge in [0.15, 0.2) is 0 Å². The zero-order valence-corrected chi connectivity index (χ0v) is 22.9. The molecule has 1 heterocycles. The maximum Gasteiger partial charge on any atom is 0.416 e. The Balaban J connectivity index is 1.94. The van der Waals surface area contributed by atoms with E-state index in [1.54, 1.807) is 0 Å². The molecule has 1 aliphatic rings. The van der Waals surface area contributed by atoms with Gasteiger partial charge in [-0.1, -0.05) is 35.3 Å². The van der Waals surface area contributed by atoms with Gasteiger partial charge in [-0.05, 0) is 55.2 Å². The van der Waals surface area contributed by atoms with Crippen LogP contribution in [0.5, 0.6) is 0 Å². The molecule has 0 spiro atoms. The van der Waals surface area contributed by atoms with E-state index in [-0.39, 0.29) is 22.0 Å². The number of hydrogen-bond acceptors (Lipinski definition) is 3. The van der Waals surface area contributed by atoms with Gasteiger partial charge >= 0.3 is 12.4 Å². The van der Waals surface area contributed by atoms with Gasteiger partial charge in [0.25, 0.3) is 5.91 Å². The first kappa shape index (κ1) is 32.3.